The third-order valence-electron chi connectivity index (χ3n) is 1.74. The molecule has 0 unspecified atom stereocenters. The molecule has 0 bridgehead atoms. The number of hydrogen-bond acceptors (Lipinski definition) is 2. The first-order valence-electron chi connectivity index (χ1n) is 5.74. The van der Waals surface area contributed by atoms with E-state index in [0.717, 1.165) is 32.7 Å². The Labute approximate surface area is 107 Å². The van der Waals surface area contributed by atoms with Crippen LogP contribution >= 0.6 is 0 Å². The average Bonchev–Trinajstić information content (AvgIpc) is 2.32. The summed E-state index contributed by atoms with van der Waals surface area (Å²) in [5, 5.41) is 3.05. The Bertz CT molecular complexity index is 187. The first kappa shape index (κ1) is 18.0. The Morgan fingerprint density at radius 1 is 0.647 bits per heavy atom. The molecule has 0 saturated carbocycles. The fraction of sp³-hybridized carbons (Fsp3) is 0.333. The van der Waals surface area contributed by atoms with Crippen LogP contribution in [0.25, 0.3) is 0 Å². The smallest absolute Gasteiger partial charge is 0.0167 e. The van der Waals surface area contributed by atoms with Crippen molar-refractivity contribution in [3.05, 3.63) is 63.3 Å². The lowest BCUT2D eigenvalue weighted by Crippen LogP contribution is -2.23. The zero-order chi connectivity index (χ0) is 13.4. The van der Waals surface area contributed by atoms with Gasteiger partial charge >= 0.3 is 0 Å². The minimum atomic E-state index is 0.867. The summed E-state index contributed by atoms with van der Waals surface area (Å²) in [5.74, 6) is 0. The molecular weight excluding hydrogens is 208 g/mol. The molecule has 96 valence electrons. The van der Waals surface area contributed by atoms with E-state index in [1.54, 1.807) is 0 Å². The highest BCUT2D eigenvalue weighted by atomic mass is 15.1. The van der Waals surface area contributed by atoms with Crippen LogP contribution in [-0.2, 0) is 0 Å². The van der Waals surface area contributed by atoms with Crippen molar-refractivity contribution in [2.24, 2.45) is 0 Å². The Balaban J connectivity index is 0. The highest BCUT2D eigenvalue weighted by Crippen LogP contribution is 1.88. The molecule has 0 saturated heterocycles. The molecule has 0 aliphatic rings. The maximum atomic E-state index is 3.65. The predicted molar refractivity (Wildman–Crippen MR) is 80.3 cm³/mol. The van der Waals surface area contributed by atoms with E-state index in [9.17, 15) is 0 Å². The summed E-state index contributed by atoms with van der Waals surface area (Å²) in [5.41, 5.74) is 0. The van der Waals surface area contributed by atoms with Crippen molar-refractivity contribution in [2.75, 3.05) is 32.7 Å². The Kier molecular flexibility index (Phi) is 18.0. The first-order chi connectivity index (χ1) is 8.26. The third-order valence-corrected chi connectivity index (χ3v) is 1.74. The summed E-state index contributed by atoms with van der Waals surface area (Å²) >= 11 is 0. The molecule has 0 aromatic carbocycles. The van der Waals surface area contributed by atoms with E-state index in [2.05, 4.69) is 43.1 Å². The van der Waals surface area contributed by atoms with Gasteiger partial charge in [-0.05, 0) is 0 Å². The Morgan fingerprint density at radius 3 is 1.24 bits per heavy atom. The van der Waals surface area contributed by atoms with Gasteiger partial charge in [-0.15, -0.1) is 32.9 Å². The van der Waals surface area contributed by atoms with Gasteiger partial charge in [0.15, 0.2) is 0 Å². The van der Waals surface area contributed by atoms with E-state index >= 15 is 0 Å². The van der Waals surface area contributed by atoms with Crippen LogP contribution in [0.2, 0.25) is 0 Å². The summed E-state index contributed by atoms with van der Waals surface area (Å²) in [6.07, 6.45) is 9.29. The van der Waals surface area contributed by atoms with E-state index in [0.29, 0.717) is 0 Å². The standard InChI is InChI=1S/C9H15N.C6H11N/c1-4-7-10(8-5-2)9-6-3;1-3-5-7-6-4-2/h4-6H,1-3,7-9H2;3-4,7H,1-2,5-6H2. The zero-order valence-electron chi connectivity index (χ0n) is 10.9. The van der Waals surface area contributed by atoms with Crippen LogP contribution in [0.5, 0.6) is 0 Å². The van der Waals surface area contributed by atoms with E-state index in [1.807, 2.05) is 30.4 Å². The molecular formula is C15H26N2. The summed E-state index contributed by atoms with van der Waals surface area (Å²) in [6.45, 7) is 22.5. The molecule has 0 aromatic rings. The summed E-state index contributed by atoms with van der Waals surface area (Å²) in [4.78, 5) is 2.19. The Hall–Kier alpha value is -1.38. The fourth-order valence-corrected chi connectivity index (χ4v) is 1.06. The van der Waals surface area contributed by atoms with Gasteiger partial charge < -0.3 is 5.32 Å². The van der Waals surface area contributed by atoms with Crippen molar-refractivity contribution in [3.8, 4) is 0 Å². The number of rotatable bonds is 10. The maximum Gasteiger partial charge on any atom is 0.0167 e. The van der Waals surface area contributed by atoms with E-state index in [1.165, 1.54) is 0 Å². The molecule has 0 heterocycles. The van der Waals surface area contributed by atoms with Gasteiger partial charge in [-0.2, -0.15) is 0 Å². The summed E-state index contributed by atoms with van der Waals surface area (Å²) in [6, 6.07) is 0. The Morgan fingerprint density at radius 2 is 1.00 bits per heavy atom. The van der Waals surface area contributed by atoms with Crippen molar-refractivity contribution < 1.29 is 0 Å². The molecule has 17 heavy (non-hydrogen) atoms. The topological polar surface area (TPSA) is 15.3 Å². The predicted octanol–water partition coefficient (Wildman–Crippen LogP) is 2.79. The molecule has 0 radical (unpaired) electrons. The van der Waals surface area contributed by atoms with E-state index in [-0.39, 0.29) is 0 Å². The molecule has 0 spiro atoms. The van der Waals surface area contributed by atoms with Gasteiger partial charge in [-0.3, -0.25) is 4.90 Å². The van der Waals surface area contributed by atoms with Crippen LogP contribution in [0.3, 0.4) is 0 Å². The molecule has 2 nitrogen and oxygen atoms in total. The molecule has 0 aromatic heterocycles. The van der Waals surface area contributed by atoms with Crippen LogP contribution in [0.15, 0.2) is 63.3 Å². The quantitative estimate of drug-likeness (QED) is 0.462. The first-order valence-corrected chi connectivity index (χ1v) is 5.74. The van der Waals surface area contributed by atoms with Gasteiger partial charge in [-0.1, -0.05) is 30.4 Å². The monoisotopic (exact) mass is 234 g/mol. The normalized spacial score (nSPS) is 8.76. The van der Waals surface area contributed by atoms with Gasteiger partial charge in [0.05, 0.1) is 0 Å². The summed E-state index contributed by atoms with van der Waals surface area (Å²) < 4.78 is 0. The van der Waals surface area contributed by atoms with Gasteiger partial charge in [0.25, 0.3) is 0 Å². The van der Waals surface area contributed by atoms with Crippen LogP contribution in [0, 0.1) is 0 Å². The molecule has 0 aliphatic carbocycles. The van der Waals surface area contributed by atoms with Gasteiger partial charge in [0.2, 0.25) is 0 Å². The molecule has 0 aliphatic heterocycles. The molecule has 0 atom stereocenters. The minimum absolute atomic E-state index is 0.867. The van der Waals surface area contributed by atoms with E-state index in [4.69, 9.17) is 0 Å². The van der Waals surface area contributed by atoms with Crippen molar-refractivity contribution in [3.63, 3.8) is 0 Å². The number of nitrogens with one attached hydrogen (secondary N) is 1. The van der Waals surface area contributed by atoms with Crippen LogP contribution in [-0.4, -0.2) is 37.6 Å². The van der Waals surface area contributed by atoms with Crippen LogP contribution < -0.4 is 5.32 Å². The van der Waals surface area contributed by atoms with Crippen LogP contribution in [0.1, 0.15) is 0 Å². The molecule has 2 heteroatoms. The second kappa shape index (κ2) is 17.0. The van der Waals surface area contributed by atoms with Gasteiger partial charge in [0.1, 0.15) is 0 Å². The highest BCUT2D eigenvalue weighted by molar-refractivity contribution is 4.83. The lowest BCUT2D eigenvalue weighted by atomic mass is 10.4. The minimum Gasteiger partial charge on any atom is -0.310 e. The maximum absolute atomic E-state index is 3.65. The second-order valence-electron chi connectivity index (χ2n) is 3.32. The summed E-state index contributed by atoms with van der Waals surface area (Å²) in [7, 11) is 0. The van der Waals surface area contributed by atoms with Gasteiger partial charge in [0, 0.05) is 32.7 Å². The van der Waals surface area contributed by atoms with Crippen molar-refractivity contribution >= 4 is 0 Å². The zero-order valence-corrected chi connectivity index (χ0v) is 10.9. The van der Waals surface area contributed by atoms with Crippen molar-refractivity contribution in [1.82, 2.24) is 10.2 Å². The number of nitrogens with zero attached hydrogens (tertiary/aromatic N) is 1. The van der Waals surface area contributed by atoms with Crippen molar-refractivity contribution in [2.45, 2.75) is 0 Å². The molecule has 0 amide bonds. The molecule has 0 rings (SSSR count). The van der Waals surface area contributed by atoms with Crippen molar-refractivity contribution in [1.29, 1.82) is 0 Å². The average molecular weight is 234 g/mol. The highest BCUT2D eigenvalue weighted by Gasteiger charge is 1.94. The third kappa shape index (κ3) is 17.2. The largest absolute Gasteiger partial charge is 0.310 e. The molecule has 1 N–H and O–H groups in total. The number of hydrogen-bond donors (Lipinski definition) is 1. The van der Waals surface area contributed by atoms with E-state index < -0.39 is 0 Å². The lowest BCUT2D eigenvalue weighted by Gasteiger charge is -2.15. The fourth-order valence-electron chi connectivity index (χ4n) is 1.06. The lowest BCUT2D eigenvalue weighted by molar-refractivity contribution is 0.373. The van der Waals surface area contributed by atoms with Crippen LogP contribution in [0.4, 0.5) is 0 Å². The SMILES string of the molecule is C=CCN(CC=C)CC=C.C=CCNCC=C. The second-order valence-corrected chi connectivity index (χ2v) is 3.32. The molecule has 0 fully saturated rings. The van der Waals surface area contributed by atoms with Gasteiger partial charge in [-0.25, -0.2) is 0 Å².